The normalized spacial score (nSPS) is 10.3. The summed E-state index contributed by atoms with van der Waals surface area (Å²) in [6.07, 6.45) is 2.61. The summed E-state index contributed by atoms with van der Waals surface area (Å²) in [7, 11) is 0. The predicted molar refractivity (Wildman–Crippen MR) is 80.2 cm³/mol. The van der Waals surface area contributed by atoms with Gasteiger partial charge in [-0.1, -0.05) is 17.7 Å². The summed E-state index contributed by atoms with van der Waals surface area (Å²) >= 11 is 1.66. The number of thiazole rings is 1. The largest absolute Gasteiger partial charge is 0.484 e. The lowest BCUT2D eigenvalue weighted by molar-refractivity contribution is -0.123. The summed E-state index contributed by atoms with van der Waals surface area (Å²) in [6.45, 7) is 4.66. The minimum Gasteiger partial charge on any atom is -0.484 e. The van der Waals surface area contributed by atoms with Crippen LogP contribution < -0.4 is 10.1 Å². The molecule has 1 heterocycles. The van der Waals surface area contributed by atoms with Crippen molar-refractivity contribution in [1.29, 1.82) is 0 Å². The van der Waals surface area contributed by atoms with Gasteiger partial charge in [-0.25, -0.2) is 4.98 Å². The van der Waals surface area contributed by atoms with E-state index in [0.29, 0.717) is 12.3 Å². The number of hydrogen-bond acceptors (Lipinski definition) is 4. The van der Waals surface area contributed by atoms with Crippen LogP contribution in [0.2, 0.25) is 0 Å². The van der Waals surface area contributed by atoms with Crippen molar-refractivity contribution in [2.24, 2.45) is 0 Å². The van der Waals surface area contributed by atoms with Gasteiger partial charge < -0.3 is 10.1 Å². The highest BCUT2D eigenvalue weighted by Gasteiger charge is 2.04. The van der Waals surface area contributed by atoms with Crippen molar-refractivity contribution in [2.75, 3.05) is 13.2 Å². The van der Waals surface area contributed by atoms with Crippen LogP contribution in [0, 0.1) is 13.8 Å². The number of carbonyl (C=O) groups excluding carboxylic acids is 1. The van der Waals surface area contributed by atoms with Gasteiger partial charge in [0.05, 0.1) is 5.01 Å². The number of nitrogens with zero attached hydrogens (tertiary/aromatic N) is 1. The molecule has 106 valence electrons. The van der Waals surface area contributed by atoms with E-state index in [4.69, 9.17) is 4.74 Å². The lowest BCUT2D eigenvalue weighted by Crippen LogP contribution is -2.30. The molecule has 4 nitrogen and oxygen atoms in total. The fourth-order valence-electron chi connectivity index (χ4n) is 1.66. The number of ether oxygens (including phenoxy) is 1. The third-order valence-electron chi connectivity index (χ3n) is 2.72. The van der Waals surface area contributed by atoms with E-state index in [9.17, 15) is 4.79 Å². The molecule has 2 rings (SSSR count). The van der Waals surface area contributed by atoms with Crippen LogP contribution in [0.15, 0.2) is 30.5 Å². The molecule has 0 spiro atoms. The van der Waals surface area contributed by atoms with Crippen LogP contribution in [-0.4, -0.2) is 24.0 Å². The number of hydrogen-bond donors (Lipinski definition) is 1. The maximum atomic E-state index is 11.6. The summed E-state index contributed by atoms with van der Waals surface area (Å²) in [5.74, 6) is 0.597. The number of benzene rings is 1. The third-order valence-corrected chi connectivity index (χ3v) is 3.69. The van der Waals surface area contributed by atoms with Gasteiger partial charge in [-0.05, 0) is 26.0 Å². The number of rotatable bonds is 6. The van der Waals surface area contributed by atoms with Crippen molar-refractivity contribution >= 4 is 17.2 Å². The highest BCUT2D eigenvalue weighted by molar-refractivity contribution is 7.11. The fraction of sp³-hybridized carbons (Fsp3) is 0.333. The first-order chi connectivity index (χ1) is 9.63. The van der Waals surface area contributed by atoms with Crippen molar-refractivity contribution < 1.29 is 9.53 Å². The zero-order valence-electron chi connectivity index (χ0n) is 11.7. The maximum absolute atomic E-state index is 11.6. The van der Waals surface area contributed by atoms with Gasteiger partial charge in [0, 0.05) is 24.0 Å². The first-order valence-corrected chi connectivity index (χ1v) is 7.32. The number of aromatic nitrogens is 1. The minimum atomic E-state index is -0.112. The molecule has 1 aromatic heterocycles. The second-order valence-corrected chi connectivity index (χ2v) is 5.89. The topological polar surface area (TPSA) is 51.2 Å². The van der Waals surface area contributed by atoms with Gasteiger partial charge in [0.2, 0.25) is 0 Å². The molecule has 1 aromatic carbocycles. The van der Waals surface area contributed by atoms with Gasteiger partial charge in [0.1, 0.15) is 5.75 Å². The Hall–Kier alpha value is -1.88. The molecule has 0 unspecified atom stereocenters. The molecule has 0 saturated heterocycles. The Morgan fingerprint density at radius 1 is 1.30 bits per heavy atom. The Kier molecular flexibility index (Phi) is 5.12. The standard InChI is InChI=1S/C15H18N2O2S/c1-11-3-5-13(6-4-11)19-10-14(18)16-8-7-15-17-9-12(2)20-15/h3-6,9H,7-8,10H2,1-2H3,(H,16,18). The molecule has 0 aliphatic heterocycles. The Balaban J connectivity index is 1.66. The molecule has 1 amide bonds. The Labute approximate surface area is 122 Å². The van der Waals surface area contributed by atoms with Gasteiger partial charge in [0.15, 0.2) is 6.61 Å². The molecule has 5 heteroatoms. The SMILES string of the molecule is Cc1ccc(OCC(=O)NCCc2ncc(C)s2)cc1. The molecular weight excluding hydrogens is 272 g/mol. The van der Waals surface area contributed by atoms with Crippen LogP contribution in [0.25, 0.3) is 0 Å². The van der Waals surface area contributed by atoms with E-state index in [1.807, 2.05) is 44.3 Å². The fourth-order valence-corrected chi connectivity index (χ4v) is 2.45. The average Bonchev–Trinajstić information content (AvgIpc) is 2.84. The first-order valence-electron chi connectivity index (χ1n) is 6.51. The highest BCUT2D eigenvalue weighted by Crippen LogP contribution is 2.12. The van der Waals surface area contributed by atoms with Crippen LogP contribution in [0.5, 0.6) is 5.75 Å². The van der Waals surface area contributed by atoms with Crippen molar-refractivity contribution in [3.8, 4) is 5.75 Å². The molecule has 0 aliphatic carbocycles. The quantitative estimate of drug-likeness (QED) is 0.889. The van der Waals surface area contributed by atoms with Gasteiger partial charge in [-0.2, -0.15) is 0 Å². The van der Waals surface area contributed by atoms with Crippen LogP contribution in [-0.2, 0) is 11.2 Å². The number of nitrogens with one attached hydrogen (secondary N) is 1. The van der Waals surface area contributed by atoms with E-state index in [-0.39, 0.29) is 12.5 Å². The molecule has 0 bridgehead atoms. The lowest BCUT2D eigenvalue weighted by atomic mass is 10.2. The van der Waals surface area contributed by atoms with E-state index in [0.717, 1.165) is 11.4 Å². The van der Waals surface area contributed by atoms with Gasteiger partial charge in [-0.3, -0.25) is 4.79 Å². The predicted octanol–water partition coefficient (Wildman–Crippen LogP) is 2.50. The van der Waals surface area contributed by atoms with E-state index >= 15 is 0 Å². The summed E-state index contributed by atoms with van der Waals surface area (Å²) < 4.78 is 5.40. The molecule has 0 saturated carbocycles. The second-order valence-electron chi connectivity index (χ2n) is 4.57. The van der Waals surface area contributed by atoms with E-state index in [1.165, 1.54) is 10.4 Å². The Morgan fingerprint density at radius 2 is 2.05 bits per heavy atom. The van der Waals surface area contributed by atoms with Crippen molar-refractivity contribution in [2.45, 2.75) is 20.3 Å². The average molecular weight is 290 g/mol. The van der Waals surface area contributed by atoms with E-state index < -0.39 is 0 Å². The molecule has 0 fully saturated rings. The van der Waals surface area contributed by atoms with Gasteiger partial charge in [0.25, 0.3) is 5.91 Å². The Bertz CT molecular complexity index is 564. The summed E-state index contributed by atoms with van der Waals surface area (Å²) in [6, 6.07) is 7.64. The number of aryl methyl sites for hydroxylation is 2. The molecule has 20 heavy (non-hydrogen) atoms. The van der Waals surface area contributed by atoms with Gasteiger partial charge >= 0.3 is 0 Å². The van der Waals surface area contributed by atoms with Crippen molar-refractivity contribution in [3.05, 3.63) is 45.9 Å². The van der Waals surface area contributed by atoms with Crippen molar-refractivity contribution in [3.63, 3.8) is 0 Å². The second kappa shape index (κ2) is 7.05. The monoisotopic (exact) mass is 290 g/mol. The molecule has 0 aliphatic rings. The summed E-state index contributed by atoms with van der Waals surface area (Å²) in [5, 5.41) is 3.87. The zero-order chi connectivity index (χ0) is 14.4. The van der Waals surface area contributed by atoms with Crippen LogP contribution in [0.1, 0.15) is 15.4 Å². The molecule has 0 atom stereocenters. The van der Waals surface area contributed by atoms with Crippen LogP contribution >= 0.6 is 11.3 Å². The first kappa shape index (κ1) is 14.5. The molecular formula is C15H18N2O2S. The number of carbonyl (C=O) groups is 1. The third kappa shape index (κ3) is 4.66. The van der Waals surface area contributed by atoms with Crippen LogP contribution in [0.4, 0.5) is 0 Å². The lowest BCUT2D eigenvalue weighted by Gasteiger charge is -2.07. The van der Waals surface area contributed by atoms with E-state index in [1.54, 1.807) is 11.3 Å². The van der Waals surface area contributed by atoms with Crippen LogP contribution in [0.3, 0.4) is 0 Å². The minimum absolute atomic E-state index is 0.0416. The summed E-state index contributed by atoms with van der Waals surface area (Å²) in [4.78, 5) is 17.1. The van der Waals surface area contributed by atoms with Crippen molar-refractivity contribution in [1.82, 2.24) is 10.3 Å². The molecule has 1 N–H and O–H groups in total. The summed E-state index contributed by atoms with van der Waals surface area (Å²) in [5.41, 5.74) is 1.17. The highest BCUT2D eigenvalue weighted by atomic mass is 32.1. The van der Waals surface area contributed by atoms with E-state index in [2.05, 4.69) is 10.3 Å². The smallest absolute Gasteiger partial charge is 0.257 e. The maximum Gasteiger partial charge on any atom is 0.257 e. The van der Waals surface area contributed by atoms with Gasteiger partial charge in [-0.15, -0.1) is 11.3 Å². The number of amides is 1. The molecule has 0 radical (unpaired) electrons. The zero-order valence-corrected chi connectivity index (χ0v) is 12.5. The Morgan fingerprint density at radius 3 is 2.70 bits per heavy atom. The molecule has 2 aromatic rings.